The molecule has 2 aromatic carbocycles. The lowest BCUT2D eigenvalue weighted by molar-refractivity contribution is 0.102. The van der Waals surface area contributed by atoms with Gasteiger partial charge < -0.3 is 0 Å². The van der Waals surface area contributed by atoms with E-state index in [2.05, 4.69) is 29.9 Å². The monoisotopic (exact) mass is 378 g/mol. The molecule has 0 saturated heterocycles. The molecule has 0 radical (unpaired) electrons. The highest BCUT2D eigenvalue weighted by molar-refractivity contribution is 8.00. The fourth-order valence-electron chi connectivity index (χ4n) is 3.00. The van der Waals surface area contributed by atoms with E-state index in [4.69, 9.17) is 0 Å². The Morgan fingerprint density at radius 3 is 2.62 bits per heavy atom. The van der Waals surface area contributed by atoms with Crippen LogP contribution < -0.4 is 0 Å². The zero-order valence-corrected chi connectivity index (χ0v) is 16.5. The minimum atomic E-state index is 0.120. The minimum absolute atomic E-state index is 0.120. The number of ketones is 1. The first kappa shape index (κ1) is 17.2. The Kier molecular flexibility index (Phi) is 4.51. The van der Waals surface area contributed by atoms with E-state index in [1.165, 1.54) is 22.2 Å². The summed E-state index contributed by atoms with van der Waals surface area (Å²) in [5, 5.41) is 4.24. The Morgan fingerprint density at radius 2 is 1.81 bits per heavy atom. The number of hydrogen-bond donors (Lipinski definition) is 0. The molecule has 0 saturated carbocycles. The second-order valence-corrected chi connectivity index (χ2v) is 8.48. The Balaban J connectivity index is 1.62. The van der Waals surface area contributed by atoms with Crippen LogP contribution in [-0.4, -0.2) is 21.5 Å². The van der Waals surface area contributed by atoms with Crippen molar-refractivity contribution in [1.82, 2.24) is 9.97 Å². The minimum Gasteiger partial charge on any atom is -0.293 e. The van der Waals surface area contributed by atoms with Gasteiger partial charge in [-0.05, 0) is 43.2 Å². The van der Waals surface area contributed by atoms with Crippen LogP contribution in [0.1, 0.15) is 26.6 Å². The van der Waals surface area contributed by atoms with E-state index >= 15 is 0 Å². The fourth-order valence-corrected chi connectivity index (χ4v) is 5.16. The lowest BCUT2D eigenvalue weighted by Crippen LogP contribution is -2.03. The number of benzene rings is 2. The molecule has 0 unspecified atom stereocenters. The quantitative estimate of drug-likeness (QED) is 0.258. The molecular weight excluding hydrogens is 360 g/mol. The van der Waals surface area contributed by atoms with E-state index in [0.717, 1.165) is 37.4 Å². The summed E-state index contributed by atoms with van der Waals surface area (Å²) in [5.41, 5.74) is 1.96. The largest absolute Gasteiger partial charge is 0.293 e. The first-order valence-corrected chi connectivity index (χ1v) is 10.2. The van der Waals surface area contributed by atoms with Gasteiger partial charge in [-0.15, -0.1) is 11.3 Å². The van der Waals surface area contributed by atoms with Crippen LogP contribution in [0, 0.1) is 20.8 Å². The standard InChI is InChI=1S/C21H18N2OS2/c1-12-13(2)26-21-19(12)20(22-14(3)23-21)25-11-18(24)17-9-8-15-6-4-5-7-16(15)10-17/h4-10H,11H2,1-3H3. The van der Waals surface area contributed by atoms with Crippen molar-refractivity contribution < 1.29 is 4.79 Å². The molecule has 4 aromatic rings. The molecule has 2 aromatic heterocycles. The SMILES string of the molecule is Cc1nc(SCC(=O)c2ccc3ccccc3c2)c2c(C)c(C)sc2n1. The molecule has 5 heteroatoms. The summed E-state index contributed by atoms with van der Waals surface area (Å²) in [7, 11) is 0. The van der Waals surface area contributed by atoms with Gasteiger partial charge in [0.25, 0.3) is 0 Å². The number of aryl methyl sites for hydroxylation is 3. The van der Waals surface area contributed by atoms with Gasteiger partial charge in [-0.2, -0.15) is 0 Å². The summed E-state index contributed by atoms with van der Waals surface area (Å²) in [6.07, 6.45) is 0. The van der Waals surface area contributed by atoms with Gasteiger partial charge in [-0.3, -0.25) is 4.79 Å². The van der Waals surface area contributed by atoms with Crippen molar-refractivity contribution in [1.29, 1.82) is 0 Å². The van der Waals surface area contributed by atoms with E-state index in [9.17, 15) is 4.79 Å². The number of carbonyl (C=O) groups excluding carboxylic acids is 1. The summed E-state index contributed by atoms with van der Waals surface area (Å²) >= 11 is 3.20. The van der Waals surface area contributed by atoms with Crippen molar-refractivity contribution >= 4 is 49.9 Å². The third kappa shape index (κ3) is 3.13. The average molecular weight is 379 g/mol. The first-order chi connectivity index (χ1) is 12.5. The molecule has 26 heavy (non-hydrogen) atoms. The van der Waals surface area contributed by atoms with Gasteiger partial charge in [0.1, 0.15) is 15.7 Å². The Morgan fingerprint density at radius 1 is 1.04 bits per heavy atom. The van der Waals surface area contributed by atoms with Gasteiger partial charge in [0.2, 0.25) is 0 Å². The molecule has 0 aliphatic heterocycles. The second-order valence-electron chi connectivity index (χ2n) is 6.31. The predicted molar refractivity (Wildman–Crippen MR) is 111 cm³/mol. The van der Waals surface area contributed by atoms with E-state index < -0.39 is 0 Å². The average Bonchev–Trinajstić information content (AvgIpc) is 2.92. The fraction of sp³-hybridized carbons (Fsp3) is 0.190. The van der Waals surface area contributed by atoms with Crippen molar-refractivity contribution in [2.75, 3.05) is 5.75 Å². The lowest BCUT2D eigenvalue weighted by Gasteiger charge is -2.06. The normalized spacial score (nSPS) is 11.3. The summed E-state index contributed by atoms with van der Waals surface area (Å²) in [6.45, 7) is 6.10. The molecule has 0 spiro atoms. The second kappa shape index (κ2) is 6.82. The summed E-state index contributed by atoms with van der Waals surface area (Å²) in [5.74, 6) is 1.24. The molecule has 0 bridgehead atoms. The molecule has 4 rings (SSSR count). The summed E-state index contributed by atoms with van der Waals surface area (Å²) in [4.78, 5) is 24.1. The van der Waals surface area contributed by atoms with Crippen LogP contribution in [0.25, 0.3) is 21.0 Å². The number of nitrogens with zero attached hydrogens (tertiary/aromatic N) is 2. The van der Waals surface area contributed by atoms with Gasteiger partial charge in [0, 0.05) is 15.8 Å². The van der Waals surface area contributed by atoms with E-state index in [-0.39, 0.29) is 5.78 Å². The smallest absolute Gasteiger partial charge is 0.173 e. The van der Waals surface area contributed by atoms with Crippen LogP contribution in [0.5, 0.6) is 0 Å². The molecule has 0 amide bonds. The maximum absolute atomic E-state index is 12.7. The molecule has 0 aliphatic rings. The van der Waals surface area contributed by atoms with Crippen LogP contribution in [-0.2, 0) is 0 Å². The number of thioether (sulfide) groups is 1. The highest BCUT2D eigenvalue weighted by atomic mass is 32.2. The number of Topliss-reactive ketones (excluding diaryl/α,β-unsaturated/α-hetero) is 1. The summed E-state index contributed by atoms with van der Waals surface area (Å²) in [6, 6.07) is 14.0. The number of rotatable bonds is 4. The number of thiophene rings is 1. The van der Waals surface area contributed by atoms with Gasteiger partial charge in [-0.1, -0.05) is 48.2 Å². The number of carbonyl (C=O) groups is 1. The van der Waals surface area contributed by atoms with Crippen LogP contribution in [0.4, 0.5) is 0 Å². The molecule has 0 aliphatic carbocycles. The number of aromatic nitrogens is 2. The van der Waals surface area contributed by atoms with Crippen LogP contribution >= 0.6 is 23.1 Å². The van der Waals surface area contributed by atoms with Crippen molar-refractivity contribution in [3.05, 3.63) is 64.3 Å². The first-order valence-electron chi connectivity index (χ1n) is 8.42. The highest BCUT2D eigenvalue weighted by Gasteiger charge is 2.15. The van der Waals surface area contributed by atoms with Gasteiger partial charge in [-0.25, -0.2) is 9.97 Å². The zero-order chi connectivity index (χ0) is 18.3. The molecular formula is C21H18N2OS2. The maximum atomic E-state index is 12.7. The zero-order valence-electron chi connectivity index (χ0n) is 14.9. The topological polar surface area (TPSA) is 42.9 Å². The Hall–Kier alpha value is -2.24. The van der Waals surface area contributed by atoms with Crippen molar-refractivity contribution in [3.8, 4) is 0 Å². The van der Waals surface area contributed by atoms with Crippen LogP contribution in [0.2, 0.25) is 0 Å². The van der Waals surface area contributed by atoms with Crippen molar-refractivity contribution in [2.45, 2.75) is 25.8 Å². The van der Waals surface area contributed by atoms with Crippen LogP contribution in [0.15, 0.2) is 47.5 Å². The van der Waals surface area contributed by atoms with Gasteiger partial charge in [0.05, 0.1) is 5.75 Å². The summed E-state index contributed by atoms with van der Waals surface area (Å²) < 4.78 is 0. The van der Waals surface area contributed by atoms with E-state index in [1.807, 2.05) is 43.3 Å². The molecule has 3 nitrogen and oxygen atoms in total. The number of fused-ring (bicyclic) bond motifs is 2. The number of hydrogen-bond acceptors (Lipinski definition) is 5. The third-order valence-corrected chi connectivity index (χ3v) is 6.60. The molecule has 0 atom stereocenters. The molecule has 0 fully saturated rings. The molecule has 130 valence electrons. The maximum Gasteiger partial charge on any atom is 0.173 e. The Bertz CT molecular complexity index is 1150. The van der Waals surface area contributed by atoms with E-state index in [0.29, 0.717) is 5.75 Å². The molecule has 2 heterocycles. The van der Waals surface area contributed by atoms with Crippen molar-refractivity contribution in [2.24, 2.45) is 0 Å². The Labute approximate surface area is 160 Å². The van der Waals surface area contributed by atoms with Crippen LogP contribution in [0.3, 0.4) is 0 Å². The highest BCUT2D eigenvalue weighted by Crippen LogP contribution is 2.35. The predicted octanol–water partition coefficient (Wildman–Crippen LogP) is 5.74. The third-order valence-electron chi connectivity index (χ3n) is 4.52. The molecule has 0 N–H and O–H groups in total. The van der Waals surface area contributed by atoms with E-state index in [1.54, 1.807) is 11.3 Å². The van der Waals surface area contributed by atoms with Gasteiger partial charge in [0.15, 0.2) is 5.78 Å². The lowest BCUT2D eigenvalue weighted by atomic mass is 10.1. The van der Waals surface area contributed by atoms with Gasteiger partial charge >= 0.3 is 0 Å². The van der Waals surface area contributed by atoms with Crippen molar-refractivity contribution in [3.63, 3.8) is 0 Å².